The molecular weight excluding hydrogens is 422 g/mol. The van der Waals surface area contributed by atoms with Crippen molar-refractivity contribution in [2.24, 2.45) is 0 Å². The molecule has 0 saturated carbocycles. The van der Waals surface area contributed by atoms with Gasteiger partial charge in [-0.1, -0.05) is 107 Å². The molecule has 34 heavy (non-hydrogen) atoms. The average Bonchev–Trinajstić information content (AvgIpc) is 2.84. The summed E-state index contributed by atoms with van der Waals surface area (Å²) in [5, 5.41) is 22.6. The summed E-state index contributed by atoms with van der Waals surface area (Å²) < 4.78 is 0. The molecule has 0 rings (SSSR count). The number of amides is 1. The highest BCUT2D eigenvalue weighted by Crippen LogP contribution is 2.09. The number of allylic oxidation sites excluding steroid dienone is 7. The standard InChI is InChI=1S/C30H53NO3/c1-3-5-7-9-11-13-14-15-16-18-20-22-24-26-30(34)31-28(27-32)29(33)25-23-21-19-17-12-10-8-6-4-2/h5,7,11,13,15-16,23,25,28-29,32-33H,3-4,6,8-10,12,14,17-22,24,26-27H2,1-2H3,(H,31,34)/b7-5-,13-11-,16-15-,25-23+. The highest BCUT2D eigenvalue weighted by atomic mass is 16.3. The van der Waals surface area contributed by atoms with Crippen LogP contribution in [0.25, 0.3) is 0 Å². The van der Waals surface area contributed by atoms with E-state index >= 15 is 0 Å². The molecule has 0 aromatic rings. The van der Waals surface area contributed by atoms with E-state index in [1.807, 2.05) is 6.08 Å². The van der Waals surface area contributed by atoms with Crippen molar-refractivity contribution in [2.45, 2.75) is 129 Å². The van der Waals surface area contributed by atoms with Crippen LogP contribution in [-0.2, 0) is 4.79 Å². The molecule has 0 heterocycles. The van der Waals surface area contributed by atoms with Crippen LogP contribution >= 0.6 is 0 Å². The summed E-state index contributed by atoms with van der Waals surface area (Å²) in [6.07, 6.45) is 33.2. The zero-order chi connectivity index (χ0) is 25.1. The van der Waals surface area contributed by atoms with Gasteiger partial charge in [-0.25, -0.2) is 0 Å². The van der Waals surface area contributed by atoms with Crippen molar-refractivity contribution in [3.05, 3.63) is 48.6 Å². The van der Waals surface area contributed by atoms with E-state index in [9.17, 15) is 15.0 Å². The quantitative estimate of drug-likeness (QED) is 0.107. The molecule has 0 aromatic heterocycles. The molecule has 1 amide bonds. The first-order chi connectivity index (χ1) is 16.7. The van der Waals surface area contributed by atoms with E-state index in [1.54, 1.807) is 6.08 Å². The number of carbonyl (C=O) groups excluding carboxylic acids is 1. The van der Waals surface area contributed by atoms with Crippen molar-refractivity contribution in [3.8, 4) is 0 Å². The number of rotatable bonds is 23. The van der Waals surface area contributed by atoms with E-state index in [0.717, 1.165) is 57.8 Å². The lowest BCUT2D eigenvalue weighted by molar-refractivity contribution is -0.123. The van der Waals surface area contributed by atoms with Crippen LogP contribution in [-0.4, -0.2) is 34.9 Å². The van der Waals surface area contributed by atoms with Crippen LogP contribution < -0.4 is 5.32 Å². The first-order valence-corrected chi connectivity index (χ1v) is 13.9. The molecule has 0 fully saturated rings. The van der Waals surface area contributed by atoms with Crippen molar-refractivity contribution in [1.29, 1.82) is 0 Å². The second kappa shape index (κ2) is 26.0. The molecule has 4 nitrogen and oxygen atoms in total. The molecule has 196 valence electrons. The largest absolute Gasteiger partial charge is 0.394 e. The fourth-order valence-electron chi connectivity index (χ4n) is 3.66. The third kappa shape index (κ3) is 22.2. The van der Waals surface area contributed by atoms with Gasteiger partial charge in [0.25, 0.3) is 0 Å². The topological polar surface area (TPSA) is 69.6 Å². The van der Waals surface area contributed by atoms with Crippen LogP contribution in [0.15, 0.2) is 48.6 Å². The predicted octanol–water partition coefficient (Wildman–Crippen LogP) is 7.33. The van der Waals surface area contributed by atoms with Crippen LogP contribution in [0.1, 0.15) is 117 Å². The molecule has 0 spiro atoms. The van der Waals surface area contributed by atoms with E-state index in [2.05, 4.69) is 55.6 Å². The van der Waals surface area contributed by atoms with Crippen molar-refractivity contribution in [3.63, 3.8) is 0 Å². The molecule has 0 radical (unpaired) electrons. The van der Waals surface area contributed by atoms with Gasteiger partial charge in [0, 0.05) is 6.42 Å². The van der Waals surface area contributed by atoms with Crippen molar-refractivity contribution >= 4 is 5.91 Å². The second-order valence-corrected chi connectivity index (χ2v) is 9.08. The Morgan fingerprint density at radius 2 is 1.29 bits per heavy atom. The SMILES string of the molecule is CC/C=C\C/C=C\C/C=C\CCCCCC(=O)NC(CO)C(O)/C=C/CCCCCCCCC. The van der Waals surface area contributed by atoms with E-state index in [1.165, 1.54) is 38.5 Å². The highest BCUT2D eigenvalue weighted by Gasteiger charge is 2.17. The summed E-state index contributed by atoms with van der Waals surface area (Å²) in [5.41, 5.74) is 0. The number of aliphatic hydroxyl groups is 2. The zero-order valence-corrected chi connectivity index (χ0v) is 22.1. The number of hydrogen-bond donors (Lipinski definition) is 3. The van der Waals surface area contributed by atoms with Gasteiger partial charge in [0.1, 0.15) is 0 Å². The number of aliphatic hydroxyl groups excluding tert-OH is 2. The zero-order valence-electron chi connectivity index (χ0n) is 22.1. The molecule has 0 aliphatic rings. The molecule has 0 aromatic carbocycles. The number of unbranched alkanes of at least 4 members (excludes halogenated alkanes) is 10. The van der Waals surface area contributed by atoms with Crippen molar-refractivity contribution in [1.82, 2.24) is 5.32 Å². The fourth-order valence-corrected chi connectivity index (χ4v) is 3.66. The third-order valence-electron chi connectivity index (χ3n) is 5.82. The molecule has 0 aliphatic carbocycles. The first kappa shape index (κ1) is 32.4. The Morgan fingerprint density at radius 3 is 1.94 bits per heavy atom. The monoisotopic (exact) mass is 475 g/mol. The summed E-state index contributed by atoms with van der Waals surface area (Å²) in [6.45, 7) is 4.11. The Hall–Kier alpha value is -1.65. The van der Waals surface area contributed by atoms with E-state index in [4.69, 9.17) is 0 Å². The molecule has 2 atom stereocenters. The van der Waals surface area contributed by atoms with Crippen molar-refractivity contribution < 1.29 is 15.0 Å². The Labute approximate surface area is 210 Å². The predicted molar refractivity (Wildman–Crippen MR) is 147 cm³/mol. The molecule has 0 saturated heterocycles. The van der Waals surface area contributed by atoms with Crippen LogP contribution in [0.4, 0.5) is 0 Å². The molecular formula is C30H53NO3. The summed E-state index contributed by atoms with van der Waals surface area (Å²) in [7, 11) is 0. The maximum absolute atomic E-state index is 12.2. The molecule has 4 heteroatoms. The van der Waals surface area contributed by atoms with Gasteiger partial charge in [0.2, 0.25) is 5.91 Å². The van der Waals surface area contributed by atoms with Gasteiger partial charge in [0.15, 0.2) is 0 Å². The lowest BCUT2D eigenvalue weighted by atomic mass is 10.1. The maximum atomic E-state index is 12.2. The first-order valence-electron chi connectivity index (χ1n) is 13.9. The Balaban J connectivity index is 3.81. The number of carbonyl (C=O) groups is 1. The van der Waals surface area contributed by atoms with Gasteiger partial charge < -0.3 is 15.5 Å². The lowest BCUT2D eigenvalue weighted by Gasteiger charge is -2.19. The normalized spacial score (nSPS) is 14.1. The van der Waals surface area contributed by atoms with E-state index in [-0.39, 0.29) is 12.5 Å². The molecule has 0 bridgehead atoms. The van der Waals surface area contributed by atoms with Crippen LogP contribution in [0.3, 0.4) is 0 Å². The van der Waals surface area contributed by atoms with Gasteiger partial charge in [-0.3, -0.25) is 4.79 Å². The molecule has 3 N–H and O–H groups in total. The minimum Gasteiger partial charge on any atom is -0.394 e. The smallest absolute Gasteiger partial charge is 0.220 e. The summed E-state index contributed by atoms with van der Waals surface area (Å²) >= 11 is 0. The summed E-state index contributed by atoms with van der Waals surface area (Å²) in [6, 6.07) is -0.633. The van der Waals surface area contributed by atoms with Gasteiger partial charge in [-0.2, -0.15) is 0 Å². The fraction of sp³-hybridized carbons (Fsp3) is 0.700. The minimum atomic E-state index is -0.847. The van der Waals surface area contributed by atoms with Gasteiger partial charge in [-0.15, -0.1) is 0 Å². The molecule has 2 unspecified atom stereocenters. The third-order valence-corrected chi connectivity index (χ3v) is 5.82. The highest BCUT2D eigenvalue weighted by molar-refractivity contribution is 5.76. The van der Waals surface area contributed by atoms with Crippen molar-refractivity contribution in [2.75, 3.05) is 6.61 Å². The number of hydrogen-bond acceptors (Lipinski definition) is 3. The Morgan fingerprint density at radius 1 is 0.735 bits per heavy atom. The van der Waals surface area contributed by atoms with E-state index < -0.39 is 12.1 Å². The molecule has 0 aliphatic heterocycles. The summed E-state index contributed by atoms with van der Waals surface area (Å²) in [4.78, 5) is 12.2. The Kier molecular flexibility index (Phi) is 24.7. The second-order valence-electron chi connectivity index (χ2n) is 9.08. The van der Waals surface area contributed by atoms with Crippen LogP contribution in [0.2, 0.25) is 0 Å². The van der Waals surface area contributed by atoms with E-state index in [0.29, 0.717) is 6.42 Å². The van der Waals surface area contributed by atoms with Gasteiger partial charge in [-0.05, 0) is 51.4 Å². The van der Waals surface area contributed by atoms with Gasteiger partial charge in [0.05, 0.1) is 18.8 Å². The number of nitrogens with one attached hydrogen (secondary N) is 1. The van der Waals surface area contributed by atoms with Crippen LogP contribution in [0.5, 0.6) is 0 Å². The average molecular weight is 476 g/mol. The lowest BCUT2D eigenvalue weighted by Crippen LogP contribution is -2.45. The van der Waals surface area contributed by atoms with Crippen LogP contribution in [0, 0.1) is 0 Å². The summed E-state index contributed by atoms with van der Waals surface area (Å²) in [5.74, 6) is -0.101. The minimum absolute atomic E-state index is 0.101. The maximum Gasteiger partial charge on any atom is 0.220 e. The van der Waals surface area contributed by atoms with Gasteiger partial charge >= 0.3 is 0 Å². The Bertz CT molecular complexity index is 565.